The summed E-state index contributed by atoms with van der Waals surface area (Å²) in [7, 11) is -2.93. The summed E-state index contributed by atoms with van der Waals surface area (Å²) < 4.78 is 39.1. The summed E-state index contributed by atoms with van der Waals surface area (Å²) in [4.78, 5) is 21.8. The molecule has 2 aromatic heterocycles. The lowest BCUT2D eigenvalue weighted by Crippen LogP contribution is -2.17. The number of rotatable bonds is 6. The van der Waals surface area contributed by atoms with E-state index in [1.807, 2.05) is 6.92 Å². The molecular weight excluding hydrogens is 431 g/mol. The number of aryl methyl sites for hydroxylation is 1. The van der Waals surface area contributed by atoms with Gasteiger partial charge in [0.1, 0.15) is 5.56 Å². The first-order valence-electron chi connectivity index (χ1n) is 10.1. The Kier molecular flexibility index (Phi) is 5.68. The van der Waals surface area contributed by atoms with Crippen molar-refractivity contribution in [2.24, 2.45) is 0 Å². The van der Waals surface area contributed by atoms with Gasteiger partial charge < -0.3 is 10.1 Å². The fourth-order valence-electron chi connectivity index (χ4n) is 3.48. The van der Waals surface area contributed by atoms with Gasteiger partial charge in [0.2, 0.25) is 11.8 Å². The predicted molar refractivity (Wildman–Crippen MR) is 119 cm³/mol. The molecule has 32 heavy (non-hydrogen) atoms. The molecule has 0 saturated heterocycles. The van der Waals surface area contributed by atoms with Crippen molar-refractivity contribution in [1.29, 1.82) is 4.78 Å². The van der Waals surface area contributed by atoms with Crippen LogP contribution >= 0.6 is 0 Å². The number of aromatic nitrogens is 2. The number of benzene rings is 1. The SMILES string of the molecule is Cc1nc(F)ccc1Oc1ncc(C2CC2)c(C)c1C(=O)Nc1cccc([S@](C)(=N)=O)c1. The lowest BCUT2D eigenvalue weighted by Gasteiger charge is -2.16. The molecule has 0 spiro atoms. The highest BCUT2D eigenvalue weighted by Gasteiger charge is 2.30. The number of nitrogens with zero attached hydrogens (tertiary/aromatic N) is 2. The monoisotopic (exact) mass is 454 g/mol. The first kappa shape index (κ1) is 21.9. The van der Waals surface area contributed by atoms with Gasteiger partial charge in [-0.3, -0.25) is 4.79 Å². The maximum Gasteiger partial charge on any atom is 0.261 e. The number of amides is 1. The van der Waals surface area contributed by atoms with E-state index < -0.39 is 21.6 Å². The predicted octanol–water partition coefficient (Wildman–Crippen LogP) is 5.19. The number of hydrogen-bond acceptors (Lipinski definition) is 6. The largest absolute Gasteiger partial charge is 0.436 e. The molecule has 2 N–H and O–H groups in total. The van der Waals surface area contributed by atoms with E-state index in [4.69, 9.17) is 9.52 Å². The summed E-state index contributed by atoms with van der Waals surface area (Å²) in [5.74, 6) is -0.299. The maximum atomic E-state index is 13.4. The van der Waals surface area contributed by atoms with Crippen molar-refractivity contribution >= 4 is 21.3 Å². The average molecular weight is 455 g/mol. The Hall–Kier alpha value is -3.33. The average Bonchev–Trinajstić information content (AvgIpc) is 3.55. The van der Waals surface area contributed by atoms with E-state index in [-0.39, 0.29) is 11.4 Å². The van der Waals surface area contributed by atoms with E-state index in [2.05, 4.69) is 15.3 Å². The van der Waals surface area contributed by atoms with E-state index in [0.29, 0.717) is 27.9 Å². The fraction of sp³-hybridized carbons (Fsp3) is 0.261. The Labute approximate surface area is 186 Å². The molecule has 1 aliphatic carbocycles. The molecule has 1 aromatic carbocycles. The smallest absolute Gasteiger partial charge is 0.261 e. The molecule has 1 fully saturated rings. The number of carbonyl (C=O) groups excluding carboxylic acids is 1. The molecule has 0 radical (unpaired) electrons. The standard InChI is InChI=1S/C23H23FN4O3S/c1-13-18(15-7-8-15)12-26-23(31-19-9-10-20(24)27-14(19)2)21(13)22(29)28-16-5-4-6-17(11-16)32(3,25)30/h4-6,9-12,15,25H,7-8H2,1-3H3,(H,28,29)/t32-/m1/s1. The van der Waals surface area contributed by atoms with E-state index in [9.17, 15) is 13.4 Å². The molecule has 0 unspecified atom stereocenters. The van der Waals surface area contributed by atoms with Gasteiger partial charge in [0, 0.05) is 23.0 Å². The van der Waals surface area contributed by atoms with Gasteiger partial charge in [-0.15, -0.1) is 0 Å². The van der Waals surface area contributed by atoms with Crippen LogP contribution in [-0.2, 0) is 9.73 Å². The van der Waals surface area contributed by atoms with Crippen LogP contribution in [0, 0.1) is 24.6 Å². The van der Waals surface area contributed by atoms with Crippen molar-refractivity contribution in [3.05, 3.63) is 70.9 Å². The van der Waals surface area contributed by atoms with Crippen molar-refractivity contribution in [1.82, 2.24) is 9.97 Å². The Bertz CT molecular complexity index is 1320. The van der Waals surface area contributed by atoms with E-state index in [0.717, 1.165) is 24.0 Å². The Balaban J connectivity index is 1.72. The van der Waals surface area contributed by atoms with Crippen LogP contribution in [0.1, 0.15) is 45.9 Å². The van der Waals surface area contributed by atoms with Gasteiger partial charge in [-0.2, -0.15) is 4.39 Å². The quantitative estimate of drug-likeness (QED) is 0.499. The second-order valence-electron chi connectivity index (χ2n) is 7.94. The number of anilines is 1. The highest BCUT2D eigenvalue weighted by atomic mass is 32.2. The molecule has 1 atom stereocenters. The number of carbonyl (C=O) groups is 1. The van der Waals surface area contributed by atoms with E-state index >= 15 is 0 Å². The minimum Gasteiger partial charge on any atom is -0.436 e. The van der Waals surface area contributed by atoms with Crippen LogP contribution in [0.5, 0.6) is 11.6 Å². The van der Waals surface area contributed by atoms with Gasteiger partial charge in [-0.25, -0.2) is 19.0 Å². The molecule has 7 nitrogen and oxygen atoms in total. The van der Waals surface area contributed by atoms with Crippen molar-refractivity contribution in [2.45, 2.75) is 37.5 Å². The summed E-state index contributed by atoms with van der Waals surface area (Å²) >= 11 is 0. The summed E-state index contributed by atoms with van der Waals surface area (Å²) in [6, 6.07) is 9.04. The lowest BCUT2D eigenvalue weighted by atomic mass is 10.0. The third-order valence-electron chi connectivity index (χ3n) is 5.34. The molecule has 3 aromatic rings. The van der Waals surface area contributed by atoms with Crippen LogP contribution in [0.2, 0.25) is 0 Å². The van der Waals surface area contributed by atoms with Gasteiger partial charge in [0.15, 0.2) is 5.75 Å². The number of nitrogens with one attached hydrogen (secondary N) is 2. The van der Waals surface area contributed by atoms with Gasteiger partial charge >= 0.3 is 0 Å². The number of halogens is 1. The van der Waals surface area contributed by atoms with Crippen LogP contribution in [0.25, 0.3) is 0 Å². The van der Waals surface area contributed by atoms with Crippen molar-refractivity contribution in [3.8, 4) is 11.6 Å². The van der Waals surface area contributed by atoms with Gasteiger partial charge in [0.25, 0.3) is 5.91 Å². The Morgan fingerprint density at radius 2 is 2.00 bits per heavy atom. The highest BCUT2D eigenvalue weighted by molar-refractivity contribution is 7.91. The minimum absolute atomic E-state index is 0.0943. The maximum absolute atomic E-state index is 13.4. The number of ether oxygens (including phenoxy) is 1. The zero-order valence-electron chi connectivity index (χ0n) is 17.9. The highest BCUT2D eigenvalue weighted by Crippen LogP contribution is 2.43. The third-order valence-corrected chi connectivity index (χ3v) is 6.49. The van der Waals surface area contributed by atoms with E-state index in [1.54, 1.807) is 31.3 Å². The number of pyridine rings is 2. The van der Waals surface area contributed by atoms with Crippen LogP contribution in [0.15, 0.2) is 47.5 Å². The molecule has 166 valence electrons. The fourth-order valence-corrected chi connectivity index (χ4v) is 4.17. The summed E-state index contributed by atoms with van der Waals surface area (Å²) in [5, 5.41) is 2.80. The van der Waals surface area contributed by atoms with Crippen molar-refractivity contribution in [3.63, 3.8) is 0 Å². The van der Waals surface area contributed by atoms with Gasteiger partial charge in [-0.05, 0) is 74.1 Å². The van der Waals surface area contributed by atoms with Crippen LogP contribution in [0.4, 0.5) is 10.1 Å². The first-order valence-corrected chi connectivity index (χ1v) is 12.1. The molecule has 2 heterocycles. The van der Waals surface area contributed by atoms with E-state index in [1.165, 1.54) is 24.5 Å². The summed E-state index contributed by atoms with van der Waals surface area (Å²) in [6.07, 6.45) is 5.13. The van der Waals surface area contributed by atoms with Crippen molar-refractivity contribution < 1.29 is 18.1 Å². The van der Waals surface area contributed by atoms with Crippen LogP contribution in [-0.4, -0.2) is 26.3 Å². The molecule has 1 saturated carbocycles. The summed E-state index contributed by atoms with van der Waals surface area (Å²) in [6.45, 7) is 3.46. The molecule has 9 heteroatoms. The lowest BCUT2D eigenvalue weighted by molar-refractivity contribution is 0.102. The molecule has 0 aliphatic heterocycles. The Morgan fingerprint density at radius 3 is 2.66 bits per heavy atom. The normalized spacial score (nSPS) is 15.1. The molecule has 1 aliphatic rings. The Morgan fingerprint density at radius 1 is 1.25 bits per heavy atom. The first-order chi connectivity index (χ1) is 15.1. The summed E-state index contributed by atoms with van der Waals surface area (Å²) in [5.41, 5.74) is 2.78. The topological polar surface area (TPSA) is 105 Å². The van der Waals surface area contributed by atoms with Gasteiger partial charge in [-0.1, -0.05) is 6.07 Å². The number of hydrogen-bond donors (Lipinski definition) is 2. The second kappa shape index (κ2) is 8.31. The molecular formula is C23H23FN4O3S. The van der Waals surface area contributed by atoms with Crippen LogP contribution < -0.4 is 10.1 Å². The van der Waals surface area contributed by atoms with Crippen molar-refractivity contribution in [2.75, 3.05) is 11.6 Å². The zero-order chi connectivity index (χ0) is 23.0. The molecule has 0 bridgehead atoms. The van der Waals surface area contributed by atoms with Gasteiger partial charge in [0.05, 0.1) is 15.4 Å². The molecule has 4 rings (SSSR count). The second-order valence-corrected chi connectivity index (χ2v) is 10.1. The zero-order valence-corrected chi connectivity index (χ0v) is 18.8. The minimum atomic E-state index is -2.93. The molecule has 1 amide bonds. The third kappa shape index (κ3) is 4.62. The van der Waals surface area contributed by atoms with Crippen LogP contribution in [0.3, 0.4) is 0 Å².